The lowest BCUT2D eigenvalue weighted by Crippen LogP contribution is -2.27. The van der Waals surface area contributed by atoms with Gasteiger partial charge in [0.1, 0.15) is 17.5 Å². The lowest BCUT2D eigenvalue weighted by Gasteiger charge is -2.17. The minimum Gasteiger partial charge on any atom is -0.484 e. The van der Waals surface area contributed by atoms with Crippen LogP contribution in [0.1, 0.15) is 28.5 Å². The minimum atomic E-state index is -1.15. The van der Waals surface area contributed by atoms with Crippen molar-refractivity contribution < 1.29 is 13.9 Å². The van der Waals surface area contributed by atoms with E-state index in [0.29, 0.717) is 36.3 Å². The van der Waals surface area contributed by atoms with Gasteiger partial charge >= 0.3 is 0 Å². The van der Waals surface area contributed by atoms with E-state index >= 15 is 0 Å². The maximum Gasteiger partial charge on any atom is 0.269 e. The summed E-state index contributed by atoms with van der Waals surface area (Å²) in [4.78, 5) is 36.9. The van der Waals surface area contributed by atoms with E-state index in [4.69, 9.17) is 4.74 Å². The van der Waals surface area contributed by atoms with Crippen molar-refractivity contribution in [2.24, 2.45) is 0 Å². The molecule has 3 aromatic rings. The Hall–Kier alpha value is -3.33. The van der Waals surface area contributed by atoms with Crippen molar-refractivity contribution >= 4 is 16.9 Å². The summed E-state index contributed by atoms with van der Waals surface area (Å²) in [7, 11) is 1.53. The number of hydrogen-bond donors (Lipinski definition) is 2. The highest BCUT2D eigenvalue weighted by Gasteiger charge is 2.34. The Balaban J connectivity index is 1.41. The molecule has 3 aromatic heterocycles. The molecule has 162 valence electrons. The molecule has 31 heavy (non-hydrogen) atoms. The van der Waals surface area contributed by atoms with E-state index in [2.05, 4.69) is 20.3 Å². The number of amides is 1. The molecule has 2 atom stereocenters. The summed E-state index contributed by atoms with van der Waals surface area (Å²) in [6.07, 6.45) is 2.04. The molecule has 8 nitrogen and oxygen atoms in total. The molecule has 0 radical (unpaired) electrons. The lowest BCUT2D eigenvalue weighted by molar-refractivity contribution is 0.0957. The number of H-pyrrole nitrogens is 1. The van der Waals surface area contributed by atoms with Gasteiger partial charge in [-0.2, -0.15) is 0 Å². The number of alkyl halides is 1. The highest BCUT2D eigenvalue weighted by molar-refractivity contribution is 5.91. The fraction of sp³-hybridized carbons (Fsp3) is 0.364. The molecule has 0 unspecified atom stereocenters. The minimum absolute atomic E-state index is 0.108. The summed E-state index contributed by atoms with van der Waals surface area (Å²) >= 11 is 0. The Kier molecular flexibility index (Phi) is 5.94. The van der Waals surface area contributed by atoms with E-state index in [1.165, 1.54) is 13.2 Å². The van der Waals surface area contributed by atoms with Gasteiger partial charge < -0.3 is 15.0 Å². The smallest absolute Gasteiger partial charge is 0.269 e. The monoisotopic (exact) mass is 425 g/mol. The normalized spacial score (nSPS) is 18.9. The fourth-order valence-electron chi connectivity index (χ4n) is 3.71. The Labute approximate surface area is 178 Å². The molecule has 0 aromatic carbocycles. The van der Waals surface area contributed by atoms with Crippen LogP contribution in [0.5, 0.6) is 5.75 Å². The van der Waals surface area contributed by atoms with Crippen molar-refractivity contribution in [1.82, 2.24) is 25.2 Å². The summed E-state index contributed by atoms with van der Waals surface area (Å²) in [5.74, 6) is 0.122. The second kappa shape index (κ2) is 8.81. The number of hydrogen-bond acceptors (Lipinski definition) is 6. The topological polar surface area (TPSA) is 100 Å². The van der Waals surface area contributed by atoms with Crippen molar-refractivity contribution in [2.45, 2.75) is 32.2 Å². The summed E-state index contributed by atoms with van der Waals surface area (Å²) < 4.78 is 20.3. The van der Waals surface area contributed by atoms with Gasteiger partial charge in [0, 0.05) is 38.4 Å². The Morgan fingerprint density at radius 3 is 2.84 bits per heavy atom. The van der Waals surface area contributed by atoms with Crippen LogP contribution >= 0.6 is 0 Å². The first-order chi connectivity index (χ1) is 15.0. The first kappa shape index (κ1) is 20.9. The average molecular weight is 425 g/mol. The molecule has 0 bridgehead atoms. The van der Waals surface area contributed by atoms with Gasteiger partial charge in [-0.25, -0.2) is 9.37 Å². The number of pyridine rings is 3. The number of aryl methyl sites for hydroxylation is 1. The van der Waals surface area contributed by atoms with Gasteiger partial charge in [-0.3, -0.25) is 19.5 Å². The van der Waals surface area contributed by atoms with Gasteiger partial charge in [0.05, 0.1) is 17.2 Å². The third kappa shape index (κ3) is 4.56. The molecular weight excluding hydrogens is 401 g/mol. The van der Waals surface area contributed by atoms with Gasteiger partial charge in [-0.1, -0.05) is 6.92 Å². The van der Waals surface area contributed by atoms with Crippen molar-refractivity contribution in [3.8, 4) is 5.75 Å². The van der Waals surface area contributed by atoms with Gasteiger partial charge in [0.25, 0.3) is 11.5 Å². The highest BCUT2D eigenvalue weighted by Crippen LogP contribution is 2.22. The molecule has 0 saturated carbocycles. The third-order valence-electron chi connectivity index (χ3n) is 5.37. The van der Waals surface area contributed by atoms with Crippen LogP contribution in [0.4, 0.5) is 4.39 Å². The Morgan fingerprint density at radius 2 is 2.13 bits per heavy atom. The van der Waals surface area contributed by atoms with Crippen LogP contribution in [-0.4, -0.2) is 58.2 Å². The van der Waals surface area contributed by atoms with Crippen LogP contribution in [0.15, 0.2) is 41.5 Å². The van der Waals surface area contributed by atoms with E-state index < -0.39 is 12.3 Å². The van der Waals surface area contributed by atoms with Crippen molar-refractivity contribution in [3.05, 3.63) is 63.8 Å². The summed E-state index contributed by atoms with van der Waals surface area (Å²) in [5, 5.41) is 2.50. The molecule has 2 N–H and O–H groups in total. The van der Waals surface area contributed by atoms with Gasteiger partial charge in [0.15, 0.2) is 6.17 Å². The SMILES string of the molecule is CCc1cc2ncc(CN3C[C@@H](F)[C@H](Oc4ccc(C(=O)NC)nc4)C3)cc2[nH]c1=O. The molecular formula is C22H24FN5O3. The molecule has 9 heteroatoms. The zero-order valence-electron chi connectivity index (χ0n) is 17.4. The number of aromatic nitrogens is 3. The van der Waals surface area contributed by atoms with Gasteiger partial charge in [0.2, 0.25) is 0 Å². The van der Waals surface area contributed by atoms with E-state index in [1.807, 2.05) is 17.9 Å². The number of carbonyl (C=O) groups is 1. The lowest BCUT2D eigenvalue weighted by atomic mass is 10.1. The molecule has 1 aliphatic heterocycles. The van der Waals surface area contributed by atoms with Crippen LogP contribution in [-0.2, 0) is 13.0 Å². The molecule has 1 amide bonds. The van der Waals surface area contributed by atoms with Crippen molar-refractivity contribution in [1.29, 1.82) is 0 Å². The van der Waals surface area contributed by atoms with Crippen molar-refractivity contribution in [2.75, 3.05) is 20.1 Å². The number of likely N-dealkylation sites (tertiary alicyclic amines) is 1. The maximum atomic E-state index is 14.6. The standard InChI is InChI=1S/C22H24FN5O3/c1-3-14-7-18-19(27-21(14)29)6-13(8-25-18)10-28-11-16(23)20(12-28)31-15-4-5-17(26-9-15)22(30)24-2/h4-9,16,20H,3,10-12H2,1-2H3,(H,24,30)(H,27,29)/t16-,20-/m1/s1. The third-order valence-corrected chi connectivity index (χ3v) is 5.37. The number of nitrogens with zero attached hydrogens (tertiary/aromatic N) is 3. The zero-order chi connectivity index (χ0) is 22.0. The molecule has 1 aliphatic rings. The quantitative estimate of drug-likeness (QED) is 0.625. The fourth-order valence-corrected chi connectivity index (χ4v) is 3.71. The molecule has 4 heterocycles. The first-order valence-corrected chi connectivity index (χ1v) is 10.2. The summed E-state index contributed by atoms with van der Waals surface area (Å²) in [6, 6.07) is 6.84. The number of halogens is 1. The van der Waals surface area contributed by atoms with Gasteiger partial charge in [-0.05, 0) is 36.2 Å². The summed E-state index contributed by atoms with van der Waals surface area (Å²) in [6.45, 7) is 3.06. The molecule has 0 aliphatic carbocycles. The average Bonchev–Trinajstić information content (AvgIpc) is 3.11. The molecule has 1 fully saturated rings. The number of nitrogens with one attached hydrogen (secondary N) is 2. The van der Waals surface area contributed by atoms with Crippen LogP contribution in [0, 0.1) is 0 Å². The van der Waals surface area contributed by atoms with Crippen LogP contribution in [0.3, 0.4) is 0 Å². The number of ether oxygens (including phenoxy) is 1. The predicted octanol–water partition coefficient (Wildman–Crippen LogP) is 1.84. The number of fused-ring (bicyclic) bond motifs is 1. The Bertz CT molecular complexity index is 1150. The maximum absolute atomic E-state index is 14.6. The van der Waals surface area contributed by atoms with Crippen LogP contribution in [0.2, 0.25) is 0 Å². The van der Waals surface area contributed by atoms with E-state index in [9.17, 15) is 14.0 Å². The number of carbonyl (C=O) groups excluding carboxylic acids is 1. The summed E-state index contributed by atoms with van der Waals surface area (Å²) in [5.41, 5.74) is 3.16. The van der Waals surface area contributed by atoms with E-state index in [0.717, 1.165) is 11.1 Å². The van der Waals surface area contributed by atoms with Crippen LogP contribution in [0.25, 0.3) is 11.0 Å². The largest absolute Gasteiger partial charge is 0.484 e. The number of aromatic amines is 1. The molecule has 1 saturated heterocycles. The van der Waals surface area contributed by atoms with E-state index in [-0.39, 0.29) is 23.7 Å². The Morgan fingerprint density at radius 1 is 1.29 bits per heavy atom. The first-order valence-electron chi connectivity index (χ1n) is 10.2. The highest BCUT2D eigenvalue weighted by atomic mass is 19.1. The second-order valence-electron chi connectivity index (χ2n) is 7.58. The van der Waals surface area contributed by atoms with E-state index in [1.54, 1.807) is 24.4 Å². The number of rotatable bonds is 6. The van der Waals surface area contributed by atoms with Crippen LogP contribution < -0.4 is 15.6 Å². The predicted molar refractivity (Wildman–Crippen MR) is 114 cm³/mol. The zero-order valence-corrected chi connectivity index (χ0v) is 17.4. The second-order valence-corrected chi connectivity index (χ2v) is 7.58. The molecule has 4 rings (SSSR count). The molecule has 0 spiro atoms. The van der Waals surface area contributed by atoms with Gasteiger partial charge in [-0.15, -0.1) is 0 Å². The van der Waals surface area contributed by atoms with Crippen molar-refractivity contribution in [3.63, 3.8) is 0 Å².